The highest BCUT2D eigenvalue weighted by molar-refractivity contribution is 7.85. The van der Waals surface area contributed by atoms with Gasteiger partial charge in [0, 0.05) is 12.8 Å². The Kier molecular flexibility index (Phi) is 7.75. The van der Waals surface area contributed by atoms with E-state index in [0.29, 0.717) is 25.7 Å². The summed E-state index contributed by atoms with van der Waals surface area (Å²) in [7, 11) is -7.22. The summed E-state index contributed by atoms with van der Waals surface area (Å²) in [5.74, 6) is 0. The molecule has 0 spiro atoms. The fourth-order valence-electron chi connectivity index (χ4n) is 5.03. The van der Waals surface area contributed by atoms with Gasteiger partial charge in [-0.05, 0) is 24.0 Å². The van der Waals surface area contributed by atoms with E-state index < -0.39 is 20.6 Å². The molecule has 0 bridgehead atoms. The zero-order valence-corrected chi connectivity index (χ0v) is 21.2. The van der Waals surface area contributed by atoms with Gasteiger partial charge in [0.05, 0.1) is 49.7 Å². The van der Waals surface area contributed by atoms with Gasteiger partial charge in [-0.15, -0.1) is 0 Å². The fraction of sp³-hybridized carbons (Fsp3) is 0.500. The summed E-state index contributed by atoms with van der Waals surface area (Å²) in [6.07, 6.45) is 2.21. The molecule has 36 heavy (non-hydrogen) atoms. The molecular weight excluding hydrogens is 508 g/mol. The molecule has 4 heterocycles. The molecular formula is C24H30N2O8S2. The number of nitrogens with one attached hydrogen (secondary N) is 2. The summed E-state index contributed by atoms with van der Waals surface area (Å²) in [5, 5.41) is 0. The lowest BCUT2D eigenvalue weighted by atomic mass is 10.0. The van der Waals surface area contributed by atoms with Gasteiger partial charge in [-0.2, -0.15) is 26.3 Å². The molecule has 6 atom stereocenters. The maximum absolute atomic E-state index is 11.5. The molecule has 0 aliphatic carbocycles. The Balaban J connectivity index is 0.000000148. The van der Waals surface area contributed by atoms with Crippen LogP contribution in [0.3, 0.4) is 0 Å². The van der Waals surface area contributed by atoms with Crippen LogP contribution in [-0.2, 0) is 38.4 Å². The number of ether oxygens (including phenoxy) is 2. The van der Waals surface area contributed by atoms with E-state index in [9.17, 15) is 16.8 Å². The van der Waals surface area contributed by atoms with Crippen molar-refractivity contribution in [3.63, 3.8) is 0 Å². The summed E-state index contributed by atoms with van der Waals surface area (Å²) in [5.41, 5.74) is 2.18. The first kappa shape index (κ1) is 25.7. The number of hydrogen-bond donors (Lipinski definition) is 2. The molecule has 2 aromatic rings. The first-order valence-corrected chi connectivity index (χ1v) is 14.8. The Morgan fingerprint density at radius 3 is 1.39 bits per heavy atom. The molecule has 4 saturated heterocycles. The quantitative estimate of drug-likeness (QED) is 0.596. The smallest absolute Gasteiger partial charge is 0.336 e. The van der Waals surface area contributed by atoms with E-state index in [-0.39, 0.29) is 49.7 Å². The van der Waals surface area contributed by atoms with Crippen molar-refractivity contribution >= 4 is 20.6 Å². The van der Waals surface area contributed by atoms with Crippen LogP contribution in [0.15, 0.2) is 60.7 Å². The van der Waals surface area contributed by atoms with E-state index in [1.165, 1.54) is 0 Å². The fourth-order valence-corrected chi connectivity index (χ4v) is 7.03. The van der Waals surface area contributed by atoms with Gasteiger partial charge in [0.15, 0.2) is 0 Å². The van der Waals surface area contributed by atoms with Crippen LogP contribution in [0.5, 0.6) is 0 Å². The van der Waals surface area contributed by atoms with Crippen LogP contribution in [0, 0.1) is 0 Å². The Hall–Kier alpha value is -1.90. The van der Waals surface area contributed by atoms with Crippen LogP contribution < -0.4 is 9.44 Å². The van der Waals surface area contributed by atoms with Crippen molar-refractivity contribution in [2.24, 2.45) is 0 Å². The monoisotopic (exact) mass is 538 g/mol. The lowest BCUT2D eigenvalue weighted by Crippen LogP contribution is -2.38. The summed E-state index contributed by atoms with van der Waals surface area (Å²) in [6, 6.07) is 19.4. The number of benzene rings is 2. The number of hydrogen-bond acceptors (Lipinski definition) is 8. The van der Waals surface area contributed by atoms with E-state index in [1.54, 1.807) is 0 Å². The standard InChI is InChI=1S/2C12H15NO4S/c2*14-18(15)13-10-8-12(9-4-2-1-3-5-9)17-11(10)6-7-16-18/h2*1-5,10-13H,6-8H2/t2*10-,11-,12-/m11/s1. The lowest BCUT2D eigenvalue weighted by Gasteiger charge is -2.13. The van der Waals surface area contributed by atoms with E-state index in [2.05, 4.69) is 9.44 Å². The van der Waals surface area contributed by atoms with Gasteiger partial charge in [-0.25, -0.2) is 0 Å². The first-order chi connectivity index (χ1) is 17.3. The normalized spacial score (nSPS) is 34.8. The molecule has 0 amide bonds. The van der Waals surface area contributed by atoms with Crippen molar-refractivity contribution in [3.8, 4) is 0 Å². The minimum atomic E-state index is -3.61. The van der Waals surface area contributed by atoms with Gasteiger partial charge < -0.3 is 9.47 Å². The summed E-state index contributed by atoms with van der Waals surface area (Å²) in [4.78, 5) is 0. The van der Waals surface area contributed by atoms with E-state index in [0.717, 1.165) is 11.1 Å². The summed E-state index contributed by atoms with van der Waals surface area (Å²) >= 11 is 0. The van der Waals surface area contributed by atoms with Gasteiger partial charge >= 0.3 is 20.6 Å². The van der Waals surface area contributed by atoms with Crippen LogP contribution in [0.25, 0.3) is 0 Å². The molecule has 0 unspecified atom stereocenters. The minimum absolute atomic E-state index is 0.0398. The SMILES string of the molecule is O=S1(=O)N[C@@H]2C[C@H](c3ccccc3)O[C@@H]2CCO1.O=S1(=O)N[C@@H]2C[C@H](c3ccccc3)O[C@@H]2CCO1. The Morgan fingerprint density at radius 1 is 0.611 bits per heavy atom. The molecule has 4 aliphatic heterocycles. The van der Waals surface area contributed by atoms with Gasteiger partial charge in [0.25, 0.3) is 0 Å². The van der Waals surface area contributed by atoms with Crippen molar-refractivity contribution in [3.05, 3.63) is 71.8 Å². The van der Waals surface area contributed by atoms with Gasteiger partial charge in [-0.3, -0.25) is 8.37 Å². The molecule has 6 rings (SSSR count). The molecule has 12 heteroatoms. The minimum Gasteiger partial charge on any atom is -0.368 e. The van der Waals surface area contributed by atoms with Crippen LogP contribution in [-0.4, -0.2) is 54.3 Å². The van der Waals surface area contributed by atoms with Gasteiger partial charge in [0.2, 0.25) is 0 Å². The second-order valence-corrected chi connectivity index (χ2v) is 12.0. The highest BCUT2D eigenvalue weighted by Crippen LogP contribution is 2.36. The van der Waals surface area contributed by atoms with Crippen molar-refractivity contribution in [2.75, 3.05) is 13.2 Å². The molecule has 2 N–H and O–H groups in total. The average Bonchev–Trinajstić information content (AvgIpc) is 3.35. The van der Waals surface area contributed by atoms with E-state index in [1.807, 2.05) is 60.7 Å². The number of fused-ring (bicyclic) bond motifs is 2. The highest BCUT2D eigenvalue weighted by Gasteiger charge is 2.41. The van der Waals surface area contributed by atoms with E-state index >= 15 is 0 Å². The zero-order valence-electron chi connectivity index (χ0n) is 19.6. The molecule has 4 aliphatic rings. The van der Waals surface area contributed by atoms with Crippen LogP contribution in [0.4, 0.5) is 0 Å². The first-order valence-electron chi connectivity index (χ1n) is 12.0. The lowest BCUT2D eigenvalue weighted by molar-refractivity contribution is 0.0314. The van der Waals surface area contributed by atoms with Crippen LogP contribution in [0.1, 0.15) is 49.0 Å². The third kappa shape index (κ3) is 6.32. The van der Waals surface area contributed by atoms with Crippen molar-refractivity contribution in [1.29, 1.82) is 0 Å². The summed E-state index contributed by atoms with van der Waals surface area (Å²) in [6.45, 7) is 0.357. The molecule has 0 aromatic heterocycles. The van der Waals surface area contributed by atoms with E-state index in [4.69, 9.17) is 17.8 Å². The molecule has 0 radical (unpaired) electrons. The molecule has 2 aromatic carbocycles. The second-order valence-electron chi connectivity index (χ2n) is 9.20. The third-order valence-electron chi connectivity index (χ3n) is 6.73. The largest absolute Gasteiger partial charge is 0.368 e. The van der Waals surface area contributed by atoms with Crippen molar-refractivity contribution in [1.82, 2.24) is 9.44 Å². The van der Waals surface area contributed by atoms with Crippen LogP contribution in [0.2, 0.25) is 0 Å². The van der Waals surface area contributed by atoms with Crippen LogP contribution >= 0.6 is 0 Å². The van der Waals surface area contributed by atoms with Gasteiger partial charge in [-0.1, -0.05) is 60.7 Å². The maximum atomic E-state index is 11.5. The molecule has 196 valence electrons. The Bertz CT molecular complexity index is 1130. The highest BCUT2D eigenvalue weighted by atomic mass is 32.2. The van der Waals surface area contributed by atoms with Crippen molar-refractivity contribution in [2.45, 2.75) is 62.2 Å². The summed E-state index contributed by atoms with van der Waals surface area (Å²) < 4.78 is 72.3. The Morgan fingerprint density at radius 2 is 1.00 bits per heavy atom. The topological polar surface area (TPSA) is 129 Å². The molecule has 10 nitrogen and oxygen atoms in total. The average molecular weight is 539 g/mol. The third-order valence-corrected chi connectivity index (χ3v) is 8.86. The zero-order chi connectivity index (χ0) is 25.2. The number of rotatable bonds is 2. The van der Waals surface area contributed by atoms with Gasteiger partial charge in [0.1, 0.15) is 0 Å². The molecule has 4 fully saturated rings. The van der Waals surface area contributed by atoms with Crippen molar-refractivity contribution < 1.29 is 34.7 Å². The second kappa shape index (κ2) is 10.8. The predicted octanol–water partition coefficient (Wildman–Crippen LogP) is 2.28. The molecule has 0 saturated carbocycles. The Labute approximate surface area is 211 Å². The maximum Gasteiger partial charge on any atom is 0.336 e. The predicted molar refractivity (Wildman–Crippen MR) is 130 cm³/mol.